The highest BCUT2D eigenvalue weighted by molar-refractivity contribution is 7.99. The molecule has 3 heteroatoms. The molecule has 2 nitrogen and oxygen atoms in total. The number of unbranched alkanes of at least 4 members (excludes halogenated alkanes) is 9. The Bertz CT molecular complexity index is 1030. The third kappa shape index (κ3) is 11.7. The molecule has 1 atom stereocenters. The lowest BCUT2D eigenvalue weighted by Crippen LogP contribution is -2.17. The van der Waals surface area contributed by atoms with E-state index in [-0.39, 0.29) is 16.7 Å². The van der Waals surface area contributed by atoms with Crippen LogP contribution in [0.25, 0.3) is 0 Å². The maximum atomic E-state index is 11.7. The summed E-state index contributed by atoms with van der Waals surface area (Å²) in [6.07, 6.45) is 16.1. The monoisotopic (exact) mass is 610 g/mol. The zero-order valence-electron chi connectivity index (χ0n) is 29.7. The SMILES string of the molecule is CCCCCCCCCCCCSC(C)CC(c1cc(C(C)(C)C)cc(CC)c1O)c1cc(C(C)(C)C)cc(CC)c1O. The van der Waals surface area contributed by atoms with E-state index in [4.69, 9.17) is 0 Å². The Morgan fingerprint density at radius 3 is 1.37 bits per heavy atom. The average molecular weight is 611 g/mol. The largest absolute Gasteiger partial charge is 0.507 e. The van der Waals surface area contributed by atoms with Crippen LogP contribution in [-0.2, 0) is 23.7 Å². The number of aryl methyl sites for hydroxylation is 2. The van der Waals surface area contributed by atoms with Crippen LogP contribution >= 0.6 is 11.8 Å². The van der Waals surface area contributed by atoms with Crippen LogP contribution in [0.5, 0.6) is 11.5 Å². The van der Waals surface area contributed by atoms with Crippen molar-refractivity contribution in [2.45, 2.75) is 175 Å². The lowest BCUT2D eigenvalue weighted by Gasteiger charge is -2.30. The normalized spacial score (nSPS) is 13.2. The standard InChI is InChI=1S/C40H66O2S/c1-11-14-15-16-17-18-19-20-21-22-23-43-29(4)24-34(35-27-32(39(5,6)7)25-30(12-2)37(35)41)36-28-33(40(8,9)10)26-31(13-3)38(36)42/h25-29,34,41-42H,11-24H2,1-10H3. The number of hydrogen-bond donors (Lipinski definition) is 2. The molecule has 2 aromatic rings. The smallest absolute Gasteiger partial charge is 0.122 e. The van der Waals surface area contributed by atoms with Crippen LogP contribution in [0.2, 0.25) is 0 Å². The van der Waals surface area contributed by atoms with Crippen LogP contribution in [-0.4, -0.2) is 21.2 Å². The number of phenols is 2. The van der Waals surface area contributed by atoms with Gasteiger partial charge in [0.1, 0.15) is 11.5 Å². The molecule has 2 rings (SSSR count). The van der Waals surface area contributed by atoms with Crippen molar-refractivity contribution in [1.82, 2.24) is 0 Å². The molecule has 0 aliphatic carbocycles. The maximum Gasteiger partial charge on any atom is 0.122 e. The Morgan fingerprint density at radius 2 is 1.00 bits per heavy atom. The van der Waals surface area contributed by atoms with Gasteiger partial charge in [0.05, 0.1) is 0 Å². The topological polar surface area (TPSA) is 40.5 Å². The van der Waals surface area contributed by atoms with Crippen LogP contribution in [0, 0.1) is 0 Å². The lowest BCUT2D eigenvalue weighted by molar-refractivity contribution is 0.442. The first kappa shape index (κ1) is 37.6. The van der Waals surface area contributed by atoms with E-state index in [1.807, 2.05) is 0 Å². The highest BCUT2D eigenvalue weighted by atomic mass is 32.2. The molecule has 0 saturated heterocycles. The van der Waals surface area contributed by atoms with Crippen molar-refractivity contribution in [1.29, 1.82) is 0 Å². The van der Waals surface area contributed by atoms with E-state index in [1.165, 1.54) is 81.1 Å². The molecule has 0 aliphatic rings. The first-order chi connectivity index (χ1) is 20.2. The molecule has 43 heavy (non-hydrogen) atoms. The molecule has 0 spiro atoms. The summed E-state index contributed by atoms with van der Waals surface area (Å²) < 4.78 is 0. The summed E-state index contributed by atoms with van der Waals surface area (Å²) in [6.45, 7) is 22.3. The van der Waals surface area contributed by atoms with Crippen molar-refractivity contribution in [3.8, 4) is 11.5 Å². The van der Waals surface area contributed by atoms with Crippen molar-refractivity contribution in [2.24, 2.45) is 0 Å². The van der Waals surface area contributed by atoms with E-state index < -0.39 is 0 Å². The Hall–Kier alpha value is -1.61. The number of thioether (sulfide) groups is 1. The van der Waals surface area contributed by atoms with E-state index in [2.05, 4.69) is 105 Å². The average Bonchev–Trinajstić information content (AvgIpc) is 2.94. The van der Waals surface area contributed by atoms with Crippen molar-refractivity contribution in [2.75, 3.05) is 5.75 Å². The van der Waals surface area contributed by atoms with Crippen LogP contribution in [0.3, 0.4) is 0 Å². The molecule has 2 aromatic carbocycles. The number of phenolic OH excluding ortho intramolecular Hbond substituents is 2. The van der Waals surface area contributed by atoms with Gasteiger partial charge < -0.3 is 10.2 Å². The van der Waals surface area contributed by atoms with Crippen LogP contribution < -0.4 is 0 Å². The Balaban J connectivity index is 2.31. The van der Waals surface area contributed by atoms with Crippen LogP contribution in [0.15, 0.2) is 24.3 Å². The number of aromatic hydroxyl groups is 2. The molecule has 244 valence electrons. The molecule has 0 heterocycles. The van der Waals surface area contributed by atoms with Gasteiger partial charge in [0.25, 0.3) is 0 Å². The maximum absolute atomic E-state index is 11.7. The molecule has 0 amide bonds. The lowest BCUT2D eigenvalue weighted by atomic mass is 9.77. The highest BCUT2D eigenvalue weighted by Crippen LogP contribution is 2.46. The predicted molar refractivity (Wildman–Crippen MR) is 193 cm³/mol. The van der Waals surface area contributed by atoms with E-state index in [9.17, 15) is 10.2 Å². The molecule has 0 saturated carbocycles. The summed E-state index contributed by atoms with van der Waals surface area (Å²) in [7, 11) is 0. The van der Waals surface area contributed by atoms with Gasteiger partial charge in [-0.3, -0.25) is 0 Å². The number of rotatable bonds is 18. The molecule has 2 N–H and O–H groups in total. The van der Waals surface area contributed by atoms with Gasteiger partial charge in [0.2, 0.25) is 0 Å². The fourth-order valence-electron chi connectivity index (χ4n) is 6.07. The third-order valence-electron chi connectivity index (χ3n) is 9.15. The van der Waals surface area contributed by atoms with E-state index in [0.29, 0.717) is 16.7 Å². The fraction of sp³-hybridized carbons (Fsp3) is 0.700. The van der Waals surface area contributed by atoms with Crippen molar-refractivity contribution in [3.63, 3.8) is 0 Å². The molecule has 0 radical (unpaired) electrons. The fourth-order valence-corrected chi connectivity index (χ4v) is 7.17. The first-order valence-electron chi connectivity index (χ1n) is 17.6. The molecular weight excluding hydrogens is 545 g/mol. The summed E-state index contributed by atoms with van der Waals surface area (Å²) in [5, 5.41) is 23.7. The zero-order valence-corrected chi connectivity index (χ0v) is 30.5. The van der Waals surface area contributed by atoms with E-state index >= 15 is 0 Å². The quantitative estimate of drug-likeness (QED) is 0.165. The van der Waals surface area contributed by atoms with Gasteiger partial charge in [-0.2, -0.15) is 11.8 Å². The van der Waals surface area contributed by atoms with Gasteiger partial charge in [-0.05, 0) is 64.5 Å². The summed E-state index contributed by atoms with van der Waals surface area (Å²) in [5.41, 5.74) is 6.37. The summed E-state index contributed by atoms with van der Waals surface area (Å²) in [4.78, 5) is 0. The molecule has 0 bridgehead atoms. The first-order valence-corrected chi connectivity index (χ1v) is 18.6. The minimum Gasteiger partial charge on any atom is -0.507 e. The minimum absolute atomic E-state index is 0.0311. The Labute approximate surface area is 270 Å². The molecule has 0 aromatic heterocycles. The van der Waals surface area contributed by atoms with E-state index in [1.54, 1.807) is 0 Å². The van der Waals surface area contributed by atoms with Crippen molar-refractivity contribution >= 4 is 11.8 Å². The van der Waals surface area contributed by atoms with Gasteiger partial charge in [-0.1, -0.05) is 151 Å². The summed E-state index contributed by atoms with van der Waals surface area (Å²) in [6, 6.07) is 8.83. The van der Waals surface area contributed by atoms with Gasteiger partial charge >= 0.3 is 0 Å². The highest BCUT2D eigenvalue weighted by Gasteiger charge is 2.29. The van der Waals surface area contributed by atoms with Gasteiger partial charge in [0.15, 0.2) is 0 Å². The Morgan fingerprint density at radius 1 is 0.605 bits per heavy atom. The van der Waals surface area contributed by atoms with Crippen molar-refractivity contribution < 1.29 is 10.2 Å². The van der Waals surface area contributed by atoms with Crippen molar-refractivity contribution in [3.05, 3.63) is 57.6 Å². The van der Waals surface area contributed by atoms with Gasteiger partial charge in [-0.25, -0.2) is 0 Å². The number of hydrogen-bond acceptors (Lipinski definition) is 3. The number of benzene rings is 2. The Kier molecular flexibility index (Phi) is 15.5. The second-order valence-electron chi connectivity index (χ2n) is 15.0. The second-order valence-corrected chi connectivity index (χ2v) is 16.6. The second kappa shape index (κ2) is 17.8. The molecular formula is C40H66O2S. The molecule has 0 aliphatic heterocycles. The van der Waals surface area contributed by atoms with Crippen LogP contribution in [0.1, 0.15) is 179 Å². The molecule has 1 unspecified atom stereocenters. The van der Waals surface area contributed by atoms with Gasteiger partial charge in [0, 0.05) is 22.3 Å². The van der Waals surface area contributed by atoms with Gasteiger partial charge in [-0.15, -0.1) is 0 Å². The van der Waals surface area contributed by atoms with E-state index in [0.717, 1.165) is 41.5 Å². The minimum atomic E-state index is -0.0737. The summed E-state index contributed by atoms with van der Waals surface area (Å²) in [5.74, 6) is 1.92. The predicted octanol–water partition coefficient (Wildman–Crippen LogP) is 12.4. The third-order valence-corrected chi connectivity index (χ3v) is 10.4. The zero-order chi connectivity index (χ0) is 32.2. The van der Waals surface area contributed by atoms with Crippen LogP contribution in [0.4, 0.5) is 0 Å². The summed E-state index contributed by atoms with van der Waals surface area (Å²) >= 11 is 2.06. The molecule has 0 fully saturated rings.